The molecule has 1 aromatic rings. The smallest absolute Gasteiger partial charge is 0.311 e. The minimum absolute atomic E-state index is 0.0520. The van der Waals surface area contributed by atoms with Gasteiger partial charge in [0, 0.05) is 30.4 Å². The first-order chi connectivity index (χ1) is 13.0. The maximum atomic E-state index is 13.3. The van der Waals surface area contributed by atoms with Crippen molar-refractivity contribution in [2.24, 2.45) is 17.8 Å². The molecule has 0 amide bonds. The van der Waals surface area contributed by atoms with E-state index in [1.54, 1.807) is 0 Å². The van der Waals surface area contributed by atoms with Gasteiger partial charge in [0.1, 0.15) is 5.54 Å². The highest BCUT2D eigenvalue weighted by atomic mass is 16.5. The number of nitrogens with one attached hydrogen (secondary N) is 1. The number of nitrogens with zero attached hydrogens (tertiary/aromatic N) is 1. The number of para-hydroxylation sites is 1. The predicted molar refractivity (Wildman–Crippen MR) is 99.4 cm³/mol. The van der Waals surface area contributed by atoms with E-state index in [-0.39, 0.29) is 23.7 Å². The summed E-state index contributed by atoms with van der Waals surface area (Å²) in [7, 11) is 1.39. The summed E-state index contributed by atoms with van der Waals surface area (Å²) in [4.78, 5) is 28.2. The van der Waals surface area contributed by atoms with Crippen LogP contribution in [0.4, 0.5) is 5.69 Å². The van der Waals surface area contributed by atoms with Crippen LogP contribution in [-0.4, -0.2) is 59.6 Å². The van der Waals surface area contributed by atoms with Crippen molar-refractivity contribution in [1.29, 1.82) is 0 Å². The highest BCUT2D eigenvalue weighted by Gasteiger charge is 2.60. The van der Waals surface area contributed by atoms with Crippen molar-refractivity contribution in [3.63, 3.8) is 0 Å². The zero-order chi connectivity index (χ0) is 18.8. The number of carbonyl (C=O) groups is 2. The Morgan fingerprint density at radius 2 is 2.15 bits per heavy atom. The zero-order valence-electron chi connectivity index (χ0n) is 15.6. The van der Waals surface area contributed by atoms with Gasteiger partial charge in [0.2, 0.25) is 0 Å². The molecule has 0 unspecified atom stereocenters. The van der Waals surface area contributed by atoms with Crippen LogP contribution in [0.5, 0.6) is 0 Å². The Morgan fingerprint density at radius 1 is 1.33 bits per heavy atom. The van der Waals surface area contributed by atoms with Gasteiger partial charge in [-0.1, -0.05) is 12.1 Å². The highest BCUT2D eigenvalue weighted by Crippen LogP contribution is 2.51. The SMILES string of the molecule is COC(=O)[C@H]1[C@H]2C[C@@H]3N(CC[C@@]34Nc3ccccc3C4=O)C[C@@H]2CC[C@@H]1O. The fraction of sp³-hybridized carbons (Fsp3) is 0.619. The Kier molecular flexibility index (Phi) is 3.85. The largest absolute Gasteiger partial charge is 0.469 e. The summed E-state index contributed by atoms with van der Waals surface area (Å²) in [5.74, 6) is -0.173. The highest BCUT2D eigenvalue weighted by molar-refractivity contribution is 6.14. The zero-order valence-corrected chi connectivity index (χ0v) is 15.6. The molecule has 5 rings (SSSR count). The fourth-order valence-electron chi connectivity index (χ4n) is 6.21. The fourth-order valence-corrected chi connectivity index (χ4v) is 6.21. The molecule has 4 aliphatic rings. The van der Waals surface area contributed by atoms with Crippen LogP contribution in [0.15, 0.2) is 24.3 Å². The minimum atomic E-state index is -0.646. The van der Waals surface area contributed by atoms with Crippen LogP contribution in [0.2, 0.25) is 0 Å². The van der Waals surface area contributed by atoms with Crippen LogP contribution < -0.4 is 5.32 Å². The molecule has 144 valence electrons. The maximum absolute atomic E-state index is 13.3. The molecule has 3 fully saturated rings. The number of hydrogen-bond acceptors (Lipinski definition) is 6. The Morgan fingerprint density at radius 3 is 2.93 bits per heavy atom. The molecule has 0 bridgehead atoms. The first-order valence-electron chi connectivity index (χ1n) is 9.97. The van der Waals surface area contributed by atoms with Crippen molar-refractivity contribution in [3.05, 3.63) is 29.8 Å². The molecule has 3 aliphatic heterocycles. The number of ketones is 1. The van der Waals surface area contributed by atoms with Crippen molar-refractivity contribution in [2.75, 3.05) is 25.5 Å². The summed E-state index contributed by atoms with van der Waals surface area (Å²) in [6.07, 6.45) is 2.46. The summed E-state index contributed by atoms with van der Waals surface area (Å²) in [5.41, 5.74) is 1.09. The van der Waals surface area contributed by atoms with Gasteiger partial charge in [-0.3, -0.25) is 14.5 Å². The monoisotopic (exact) mass is 370 g/mol. The van der Waals surface area contributed by atoms with E-state index in [4.69, 9.17) is 4.74 Å². The van der Waals surface area contributed by atoms with E-state index in [1.807, 2.05) is 24.3 Å². The normalized spacial score (nSPS) is 40.2. The molecule has 2 saturated heterocycles. The number of hydrogen-bond donors (Lipinski definition) is 2. The van der Waals surface area contributed by atoms with Crippen molar-refractivity contribution in [2.45, 2.75) is 43.4 Å². The second-order valence-electron chi connectivity index (χ2n) is 8.59. The van der Waals surface area contributed by atoms with Crippen LogP contribution >= 0.6 is 0 Å². The lowest BCUT2D eigenvalue weighted by molar-refractivity contribution is -0.159. The number of aliphatic hydroxyl groups excluding tert-OH is 1. The molecule has 1 saturated carbocycles. The van der Waals surface area contributed by atoms with E-state index in [2.05, 4.69) is 10.2 Å². The van der Waals surface area contributed by atoms with Gasteiger partial charge in [-0.15, -0.1) is 0 Å². The van der Waals surface area contributed by atoms with Crippen LogP contribution in [-0.2, 0) is 9.53 Å². The van der Waals surface area contributed by atoms with Crippen LogP contribution in [0.1, 0.15) is 36.0 Å². The molecule has 2 N–H and O–H groups in total. The maximum Gasteiger partial charge on any atom is 0.311 e. The third-order valence-corrected chi connectivity index (χ3v) is 7.49. The third-order valence-electron chi connectivity index (χ3n) is 7.49. The van der Waals surface area contributed by atoms with Crippen LogP contribution in [0.3, 0.4) is 0 Å². The standard InChI is InChI=1S/C21H26N2O4/c1-27-20(26)18-14-10-17-21(19(25)13-4-2-3-5-15(13)22-21)8-9-23(17)11-12(14)6-7-16(18)24/h2-5,12,14,16-18,22,24H,6-11H2,1H3/t12-,14-,16-,17-,18-,21+/m0/s1. The summed E-state index contributed by atoms with van der Waals surface area (Å²) in [5, 5.41) is 14.1. The average molecular weight is 370 g/mol. The first kappa shape index (κ1) is 17.2. The van der Waals surface area contributed by atoms with Crippen molar-refractivity contribution in [1.82, 2.24) is 4.90 Å². The van der Waals surface area contributed by atoms with Gasteiger partial charge in [0.15, 0.2) is 5.78 Å². The lowest BCUT2D eigenvalue weighted by Gasteiger charge is -2.49. The number of ether oxygens (including phenoxy) is 1. The number of fused-ring (bicyclic) bond motifs is 4. The molecule has 1 spiro atoms. The van der Waals surface area contributed by atoms with Gasteiger partial charge >= 0.3 is 5.97 Å². The van der Waals surface area contributed by atoms with Gasteiger partial charge in [0.05, 0.1) is 19.1 Å². The molecular weight excluding hydrogens is 344 g/mol. The molecule has 0 aromatic heterocycles. The third kappa shape index (κ3) is 2.32. The molecular formula is C21H26N2O4. The number of esters is 1. The topological polar surface area (TPSA) is 78.9 Å². The number of carbonyl (C=O) groups excluding carboxylic acids is 2. The molecule has 1 aliphatic carbocycles. The Labute approximate surface area is 158 Å². The van der Waals surface area contributed by atoms with Gasteiger partial charge < -0.3 is 15.2 Å². The Bertz CT molecular complexity index is 796. The summed E-state index contributed by atoms with van der Waals surface area (Å²) in [6, 6.07) is 7.78. The van der Waals surface area contributed by atoms with Crippen LogP contribution in [0, 0.1) is 17.8 Å². The van der Waals surface area contributed by atoms with Gasteiger partial charge in [-0.05, 0) is 49.7 Å². The number of piperidine rings is 1. The lowest BCUT2D eigenvalue weighted by atomic mass is 9.64. The lowest BCUT2D eigenvalue weighted by Crippen LogP contribution is -2.60. The number of anilines is 1. The quantitative estimate of drug-likeness (QED) is 0.733. The number of Topliss-reactive ketones (excluding diaryl/α,β-unsaturated/α-hetero) is 1. The molecule has 6 heteroatoms. The molecule has 3 heterocycles. The summed E-state index contributed by atoms with van der Waals surface area (Å²) < 4.78 is 5.01. The first-order valence-corrected chi connectivity index (χ1v) is 9.97. The average Bonchev–Trinajstić information content (AvgIpc) is 3.18. The van der Waals surface area contributed by atoms with E-state index in [0.29, 0.717) is 12.3 Å². The Balaban J connectivity index is 1.48. The summed E-state index contributed by atoms with van der Waals surface area (Å²) in [6.45, 7) is 1.79. The van der Waals surface area contributed by atoms with Crippen molar-refractivity contribution < 1.29 is 19.4 Å². The van der Waals surface area contributed by atoms with Gasteiger partial charge in [-0.25, -0.2) is 0 Å². The van der Waals surface area contributed by atoms with E-state index >= 15 is 0 Å². The predicted octanol–water partition coefficient (Wildman–Crippen LogP) is 1.69. The second kappa shape index (κ2) is 6.04. The molecule has 6 nitrogen and oxygen atoms in total. The van der Waals surface area contributed by atoms with E-state index in [1.165, 1.54) is 7.11 Å². The molecule has 0 radical (unpaired) electrons. The number of rotatable bonds is 1. The minimum Gasteiger partial charge on any atom is -0.469 e. The number of benzene rings is 1. The van der Waals surface area contributed by atoms with E-state index in [0.717, 1.165) is 43.6 Å². The van der Waals surface area contributed by atoms with Crippen molar-refractivity contribution in [3.8, 4) is 0 Å². The van der Waals surface area contributed by atoms with Crippen molar-refractivity contribution >= 4 is 17.4 Å². The number of aliphatic hydroxyl groups is 1. The molecule has 1 aromatic carbocycles. The van der Waals surface area contributed by atoms with Gasteiger partial charge in [0.25, 0.3) is 0 Å². The Hall–Kier alpha value is -1.92. The second-order valence-corrected chi connectivity index (χ2v) is 8.59. The van der Waals surface area contributed by atoms with Crippen LogP contribution in [0.25, 0.3) is 0 Å². The number of methoxy groups -OCH3 is 1. The van der Waals surface area contributed by atoms with E-state index in [9.17, 15) is 14.7 Å². The van der Waals surface area contributed by atoms with Gasteiger partial charge in [-0.2, -0.15) is 0 Å². The molecule has 6 atom stereocenters. The van der Waals surface area contributed by atoms with E-state index < -0.39 is 17.6 Å². The summed E-state index contributed by atoms with van der Waals surface area (Å²) >= 11 is 0. The molecule has 27 heavy (non-hydrogen) atoms.